The van der Waals surface area contributed by atoms with Crippen molar-refractivity contribution in [2.45, 2.75) is 45.2 Å². The second kappa shape index (κ2) is 5.71. The minimum absolute atomic E-state index is 0.334. The zero-order valence-corrected chi connectivity index (χ0v) is 9.64. The monoisotopic (exact) mass is 200 g/mol. The third kappa shape index (κ3) is 4.19. The summed E-state index contributed by atoms with van der Waals surface area (Å²) in [6.45, 7) is 6.61. The Kier molecular flexibility index (Phi) is 4.89. The fourth-order valence-electron chi connectivity index (χ4n) is 1.45. The van der Waals surface area contributed by atoms with Gasteiger partial charge in [-0.3, -0.25) is 0 Å². The van der Waals surface area contributed by atoms with E-state index in [1.54, 1.807) is 0 Å². The van der Waals surface area contributed by atoms with Crippen LogP contribution in [0.1, 0.15) is 33.6 Å². The molecule has 0 aromatic rings. The third-order valence-corrected chi connectivity index (χ3v) is 3.56. The third-order valence-electron chi connectivity index (χ3n) is 2.59. The number of ether oxygens (including phenoxy) is 1. The summed E-state index contributed by atoms with van der Waals surface area (Å²) in [6.07, 6.45) is 7.40. The molecular weight excluding hydrogens is 180 g/mol. The number of hydrogen-bond donors (Lipinski definition) is 0. The van der Waals surface area contributed by atoms with Crippen LogP contribution < -0.4 is 0 Å². The first-order valence-electron chi connectivity index (χ1n) is 5.12. The normalized spacial score (nSPS) is 39.8. The van der Waals surface area contributed by atoms with E-state index in [9.17, 15) is 0 Å². The summed E-state index contributed by atoms with van der Waals surface area (Å²) in [5.41, 5.74) is 0.334. The van der Waals surface area contributed by atoms with Crippen LogP contribution in [0.5, 0.6) is 0 Å². The molecule has 1 aliphatic heterocycles. The molecule has 0 aromatic carbocycles. The van der Waals surface area contributed by atoms with E-state index in [2.05, 4.69) is 32.9 Å². The maximum Gasteiger partial charge on any atom is 0.101 e. The van der Waals surface area contributed by atoms with Gasteiger partial charge in [0, 0.05) is 5.75 Å². The van der Waals surface area contributed by atoms with Crippen LogP contribution in [0.2, 0.25) is 0 Å². The summed E-state index contributed by atoms with van der Waals surface area (Å²) in [5.74, 6) is 1.76. The van der Waals surface area contributed by atoms with Crippen LogP contribution in [-0.2, 0) is 4.74 Å². The van der Waals surface area contributed by atoms with Crippen LogP contribution in [0.25, 0.3) is 0 Å². The minimum atomic E-state index is 0.334. The van der Waals surface area contributed by atoms with Crippen LogP contribution in [-0.4, -0.2) is 17.3 Å². The van der Waals surface area contributed by atoms with E-state index in [1.807, 2.05) is 11.8 Å². The van der Waals surface area contributed by atoms with E-state index in [4.69, 9.17) is 4.74 Å². The summed E-state index contributed by atoms with van der Waals surface area (Å²) >= 11 is 1.87. The first-order chi connectivity index (χ1) is 6.20. The van der Waals surface area contributed by atoms with Gasteiger partial charge in [0.2, 0.25) is 0 Å². The summed E-state index contributed by atoms with van der Waals surface area (Å²) < 4.78 is 5.87. The van der Waals surface area contributed by atoms with Gasteiger partial charge in [-0.1, -0.05) is 19.1 Å². The second-order valence-electron chi connectivity index (χ2n) is 3.77. The van der Waals surface area contributed by atoms with Gasteiger partial charge in [-0.15, -0.1) is 11.8 Å². The average molecular weight is 200 g/mol. The lowest BCUT2D eigenvalue weighted by atomic mass is 10.00. The van der Waals surface area contributed by atoms with E-state index in [0.29, 0.717) is 17.5 Å². The predicted octanol–water partition coefficient (Wildman–Crippen LogP) is 3.46. The van der Waals surface area contributed by atoms with Gasteiger partial charge in [0.05, 0.1) is 6.10 Å². The van der Waals surface area contributed by atoms with E-state index in [-0.39, 0.29) is 0 Å². The Morgan fingerprint density at radius 1 is 1.23 bits per heavy atom. The second-order valence-corrected chi connectivity index (χ2v) is 5.10. The van der Waals surface area contributed by atoms with E-state index in [0.717, 1.165) is 5.75 Å². The fraction of sp³-hybridized carbons (Fsp3) is 0.818. The number of hydrogen-bond acceptors (Lipinski definition) is 2. The molecule has 1 heterocycles. The highest BCUT2D eigenvalue weighted by Gasteiger charge is 2.15. The van der Waals surface area contributed by atoms with Crippen molar-refractivity contribution in [2.24, 2.45) is 5.92 Å². The molecule has 0 saturated carbocycles. The molecule has 0 radical (unpaired) electrons. The van der Waals surface area contributed by atoms with E-state index in [1.165, 1.54) is 12.8 Å². The highest BCUT2D eigenvalue weighted by Crippen LogP contribution is 2.21. The lowest BCUT2D eigenvalue weighted by Crippen LogP contribution is -2.22. The molecule has 2 heteroatoms. The average Bonchev–Trinajstić information content (AvgIpc) is 2.09. The zero-order valence-electron chi connectivity index (χ0n) is 8.82. The standard InChI is InChI=1S/C11H20OS/c1-9-7-5-4-6-8-13-11(3)12-10(9)2/h4,6,9-11H,5,7-8H2,1-3H3/b6-4+. The molecule has 0 saturated heterocycles. The molecule has 0 amide bonds. The molecule has 1 aliphatic rings. The highest BCUT2D eigenvalue weighted by molar-refractivity contribution is 7.99. The first-order valence-corrected chi connectivity index (χ1v) is 6.17. The van der Waals surface area contributed by atoms with Crippen molar-refractivity contribution in [3.8, 4) is 0 Å². The Hall–Kier alpha value is 0.0500. The van der Waals surface area contributed by atoms with Crippen molar-refractivity contribution in [2.75, 3.05) is 5.75 Å². The van der Waals surface area contributed by atoms with Crippen LogP contribution in [0, 0.1) is 5.92 Å². The van der Waals surface area contributed by atoms with Crippen LogP contribution in [0.3, 0.4) is 0 Å². The predicted molar refractivity (Wildman–Crippen MR) is 60.0 cm³/mol. The van der Waals surface area contributed by atoms with Crippen molar-refractivity contribution < 1.29 is 4.74 Å². The molecule has 1 nitrogen and oxygen atoms in total. The summed E-state index contributed by atoms with van der Waals surface area (Å²) in [5, 5.41) is 0. The highest BCUT2D eigenvalue weighted by atomic mass is 32.2. The molecule has 3 atom stereocenters. The van der Waals surface area contributed by atoms with Gasteiger partial charge in [-0.2, -0.15) is 0 Å². The maximum atomic E-state index is 5.87. The topological polar surface area (TPSA) is 9.23 Å². The van der Waals surface area contributed by atoms with Gasteiger partial charge >= 0.3 is 0 Å². The van der Waals surface area contributed by atoms with Crippen molar-refractivity contribution in [1.82, 2.24) is 0 Å². The molecule has 0 spiro atoms. The lowest BCUT2D eigenvalue weighted by molar-refractivity contribution is 0.0194. The van der Waals surface area contributed by atoms with Crippen molar-refractivity contribution in [3.63, 3.8) is 0 Å². The lowest BCUT2D eigenvalue weighted by Gasteiger charge is -2.24. The molecular formula is C11H20OS. The number of allylic oxidation sites excluding steroid dienone is 1. The largest absolute Gasteiger partial charge is 0.365 e. The molecule has 76 valence electrons. The minimum Gasteiger partial charge on any atom is -0.365 e. The van der Waals surface area contributed by atoms with Crippen molar-refractivity contribution in [3.05, 3.63) is 12.2 Å². The number of thioether (sulfide) groups is 1. The molecule has 0 fully saturated rings. The SMILES string of the molecule is CC1OC(C)C(C)CC/C=C/CS1. The van der Waals surface area contributed by atoms with Crippen LogP contribution >= 0.6 is 11.8 Å². The zero-order chi connectivity index (χ0) is 9.68. The van der Waals surface area contributed by atoms with Gasteiger partial charge in [-0.25, -0.2) is 0 Å². The Morgan fingerprint density at radius 2 is 2.00 bits per heavy atom. The maximum absolute atomic E-state index is 5.87. The molecule has 0 N–H and O–H groups in total. The van der Waals surface area contributed by atoms with Gasteiger partial charge < -0.3 is 4.74 Å². The van der Waals surface area contributed by atoms with Crippen LogP contribution in [0.15, 0.2) is 12.2 Å². The Labute approximate surface area is 85.9 Å². The summed E-state index contributed by atoms with van der Waals surface area (Å²) in [4.78, 5) is 0. The van der Waals surface area contributed by atoms with Gasteiger partial charge in [0.1, 0.15) is 5.44 Å². The molecule has 0 bridgehead atoms. The Balaban J connectivity index is 2.47. The quantitative estimate of drug-likeness (QED) is 0.554. The fourth-order valence-corrected chi connectivity index (χ4v) is 2.22. The van der Waals surface area contributed by atoms with Crippen LogP contribution in [0.4, 0.5) is 0 Å². The molecule has 3 unspecified atom stereocenters. The Morgan fingerprint density at radius 3 is 2.77 bits per heavy atom. The van der Waals surface area contributed by atoms with E-state index >= 15 is 0 Å². The smallest absolute Gasteiger partial charge is 0.101 e. The van der Waals surface area contributed by atoms with Crippen molar-refractivity contribution >= 4 is 11.8 Å². The van der Waals surface area contributed by atoms with Crippen molar-refractivity contribution in [1.29, 1.82) is 0 Å². The van der Waals surface area contributed by atoms with E-state index < -0.39 is 0 Å². The summed E-state index contributed by atoms with van der Waals surface area (Å²) in [7, 11) is 0. The van der Waals surface area contributed by atoms with Gasteiger partial charge in [0.15, 0.2) is 0 Å². The molecule has 0 aromatic heterocycles. The first kappa shape index (κ1) is 11.1. The molecule has 0 aliphatic carbocycles. The Bertz CT molecular complexity index is 167. The molecule has 13 heavy (non-hydrogen) atoms. The summed E-state index contributed by atoms with van der Waals surface area (Å²) in [6, 6.07) is 0. The number of rotatable bonds is 0. The van der Waals surface area contributed by atoms with Gasteiger partial charge in [0.25, 0.3) is 0 Å². The molecule has 1 rings (SSSR count). The van der Waals surface area contributed by atoms with Gasteiger partial charge in [-0.05, 0) is 32.6 Å².